The second-order valence-electron chi connectivity index (χ2n) is 9.31. The number of para-hydroxylation sites is 1. The van der Waals surface area contributed by atoms with Gasteiger partial charge in [-0.25, -0.2) is 4.98 Å². The molecule has 0 spiro atoms. The summed E-state index contributed by atoms with van der Waals surface area (Å²) in [4.78, 5) is 22.0. The Bertz CT molecular complexity index is 1350. The van der Waals surface area contributed by atoms with E-state index in [0.29, 0.717) is 42.1 Å². The smallest absolute Gasteiger partial charge is 0.242 e. The molecule has 2 aromatic heterocycles. The molecule has 1 N–H and O–H groups in total. The van der Waals surface area contributed by atoms with Crippen LogP contribution in [-0.2, 0) is 4.79 Å². The van der Waals surface area contributed by atoms with E-state index in [1.807, 2.05) is 51.9 Å². The molecule has 1 aliphatic heterocycles. The second kappa shape index (κ2) is 10.4. The van der Waals surface area contributed by atoms with Gasteiger partial charge in [-0.1, -0.05) is 73.4 Å². The van der Waals surface area contributed by atoms with E-state index in [9.17, 15) is 4.79 Å². The van der Waals surface area contributed by atoms with Crippen molar-refractivity contribution in [3.63, 3.8) is 0 Å². The van der Waals surface area contributed by atoms with Crippen molar-refractivity contribution >= 4 is 46.3 Å². The van der Waals surface area contributed by atoms with Crippen molar-refractivity contribution in [2.24, 2.45) is 0 Å². The highest BCUT2D eigenvalue weighted by atomic mass is 35.5. The molecule has 2 aromatic carbocycles. The van der Waals surface area contributed by atoms with Crippen LogP contribution in [0.25, 0.3) is 16.9 Å². The number of rotatable bonds is 6. The number of hydrogen-bond donors (Lipinski definition) is 1. The topological polar surface area (TPSA) is 52.9 Å². The Balaban J connectivity index is 1.30. The maximum absolute atomic E-state index is 13.1. The molecule has 1 fully saturated rings. The minimum Gasteiger partial charge on any atom is -0.366 e. The molecular weight excluding hydrogens is 493 g/mol. The van der Waals surface area contributed by atoms with Crippen LogP contribution in [0.2, 0.25) is 10.0 Å². The van der Waals surface area contributed by atoms with E-state index in [1.54, 1.807) is 0 Å². The molecule has 36 heavy (non-hydrogen) atoms. The number of benzene rings is 2. The molecule has 1 aliphatic rings. The van der Waals surface area contributed by atoms with Crippen molar-refractivity contribution in [1.29, 1.82) is 0 Å². The van der Waals surface area contributed by atoms with E-state index < -0.39 is 0 Å². The van der Waals surface area contributed by atoms with Crippen LogP contribution in [-0.4, -0.2) is 52.9 Å². The highest BCUT2D eigenvalue weighted by molar-refractivity contribution is 6.39. The van der Waals surface area contributed by atoms with E-state index in [2.05, 4.69) is 48.3 Å². The number of carbonyl (C=O) groups is 1. The summed E-state index contributed by atoms with van der Waals surface area (Å²) in [7, 11) is 0. The van der Waals surface area contributed by atoms with Crippen molar-refractivity contribution < 1.29 is 4.79 Å². The molecule has 0 aliphatic carbocycles. The van der Waals surface area contributed by atoms with Gasteiger partial charge < -0.3 is 15.1 Å². The zero-order chi connectivity index (χ0) is 25.2. The maximum atomic E-state index is 13.1. The number of carbonyl (C=O) groups excluding carboxylic acids is 1. The first-order chi connectivity index (χ1) is 17.4. The monoisotopic (exact) mass is 521 g/mol. The number of anilines is 2. The van der Waals surface area contributed by atoms with Gasteiger partial charge >= 0.3 is 0 Å². The molecule has 186 valence electrons. The standard InChI is InChI=1S/C28H29Cl2N5O/c1-19(2)20-9-11-21(12-10-20)26-28(35-13-4-3-8-24(35)32-26)31-18-25(36)33-14-16-34(17-15-33)27-22(29)6-5-7-23(27)30/h3-13,19,31H,14-18H2,1-2H3. The summed E-state index contributed by atoms with van der Waals surface area (Å²) < 4.78 is 2.00. The quantitative estimate of drug-likeness (QED) is 0.328. The molecule has 6 nitrogen and oxygen atoms in total. The van der Waals surface area contributed by atoms with E-state index in [0.717, 1.165) is 28.4 Å². The summed E-state index contributed by atoms with van der Waals surface area (Å²) in [5.74, 6) is 1.33. The van der Waals surface area contributed by atoms with E-state index in [1.165, 1.54) is 5.56 Å². The van der Waals surface area contributed by atoms with E-state index in [4.69, 9.17) is 28.2 Å². The highest BCUT2D eigenvalue weighted by Crippen LogP contribution is 2.34. The number of fused-ring (bicyclic) bond motifs is 1. The van der Waals surface area contributed by atoms with Gasteiger partial charge in [0.15, 0.2) is 0 Å². The lowest BCUT2D eigenvalue weighted by atomic mass is 10.0. The Morgan fingerprint density at radius 1 is 0.944 bits per heavy atom. The van der Waals surface area contributed by atoms with Gasteiger partial charge in [0.1, 0.15) is 17.2 Å². The van der Waals surface area contributed by atoms with Crippen LogP contribution in [0.5, 0.6) is 0 Å². The minimum atomic E-state index is 0.0480. The Hall–Kier alpha value is -3.22. The highest BCUT2D eigenvalue weighted by Gasteiger charge is 2.24. The fourth-order valence-electron chi connectivity index (χ4n) is 4.63. The summed E-state index contributed by atoms with van der Waals surface area (Å²) in [6.45, 7) is 7.13. The van der Waals surface area contributed by atoms with E-state index >= 15 is 0 Å². The lowest BCUT2D eigenvalue weighted by molar-refractivity contribution is -0.129. The van der Waals surface area contributed by atoms with E-state index in [-0.39, 0.29) is 12.5 Å². The largest absolute Gasteiger partial charge is 0.366 e. The lowest BCUT2D eigenvalue weighted by Crippen LogP contribution is -2.50. The Labute approximate surface area is 221 Å². The summed E-state index contributed by atoms with van der Waals surface area (Å²) in [6, 6.07) is 19.9. The number of aromatic nitrogens is 2. The summed E-state index contributed by atoms with van der Waals surface area (Å²) in [5, 5.41) is 4.64. The number of nitrogens with zero attached hydrogens (tertiary/aromatic N) is 4. The van der Waals surface area contributed by atoms with Gasteiger partial charge in [-0.15, -0.1) is 0 Å². The minimum absolute atomic E-state index is 0.0480. The van der Waals surface area contributed by atoms with Crippen molar-refractivity contribution in [1.82, 2.24) is 14.3 Å². The molecule has 1 saturated heterocycles. The average molecular weight is 522 g/mol. The number of nitrogens with one attached hydrogen (secondary N) is 1. The summed E-state index contributed by atoms with van der Waals surface area (Å²) in [6.07, 6.45) is 1.97. The molecule has 1 amide bonds. The summed E-state index contributed by atoms with van der Waals surface area (Å²) >= 11 is 12.8. The van der Waals surface area contributed by atoms with Gasteiger partial charge in [-0.3, -0.25) is 9.20 Å². The number of amides is 1. The number of pyridine rings is 1. The molecule has 8 heteroatoms. The first-order valence-corrected chi connectivity index (χ1v) is 13.0. The van der Waals surface area contributed by atoms with Crippen LogP contribution in [0.4, 0.5) is 11.5 Å². The molecule has 0 saturated carbocycles. The maximum Gasteiger partial charge on any atom is 0.242 e. The second-order valence-corrected chi connectivity index (χ2v) is 10.1. The van der Waals surface area contributed by atoms with Gasteiger partial charge in [0.25, 0.3) is 0 Å². The number of hydrogen-bond acceptors (Lipinski definition) is 4. The molecule has 0 unspecified atom stereocenters. The molecule has 0 bridgehead atoms. The predicted octanol–water partition coefficient (Wildman–Crippen LogP) is 6.19. The van der Waals surface area contributed by atoms with Gasteiger partial charge in [-0.2, -0.15) is 0 Å². The third-order valence-corrected chi connectivity index (χ3v) is 7.28. The fourth-order valence-corrected chi connectivity index (χ4v) is 5.27. The van der Waals surface area contributed by atoms with Crippen LogP contribution in [0.1, 0.15) is 25.3 Å². The van der Waals surface area contributed by atoms with Crippen molar-refractivity contribution in [2.45, 2.75) is 19.8 Å². The molecule has 0 atom stereocenters. The van der Waals surface area contributed by atoms with Crippen LogP contribution in [0.3, 0.4) is 0 Å². The van der Waals surface area contributed by atoms with Crippen LogP contribution >= 0.6 is 23.2 Å². The van der Waals surface area contributed by atoms with Crippen molar-refractivity contribution in [3.05, 3.63) is 82.5 Å². The number of imidazole rings is 1. The normalized spacial score (nSPS) is 14.0. The summed E-state index contributed by atoms with van der Waals surface area (Å²) in [5.41, 5.74) is 4.81. The first-order valence-electron chi connectivity index (χ1n) is 12.2. The van der Waals surface area contributed by atoms with Crippen LogP contribution in [0.15, 0.2) is 66.9 Å². The molecule has 5 rings (SSSR count). The number of halogens is 2. The predicted molar refractivity (Wildman–Crippen MR) is 148 cm³/mol. The average Bonchev–Trinajstić information content (AvgIpc) is 3.26. The molecule has 3 heterocycles. The van der Waals surface area contributed by atoms with Crippen LogP contribution < -0.4 is 10.2 Å². The Morgan fingerprint density at radius 2 is 1.64 bits per heavy atom. The SMILES string of the molecule is CC(C)c1ccc(-c2nc3ccccn3c2NCC(=O)N2CCN(c3c(Cl)cccc3Cl)CC2)cc1. The Kier molecular flexibility index (Phi) is 7.08. The van der Waals surface area contributed by atoms with Crippen molar-refractivity contribution in [2.75, 3.05) is 42.9 Å². The molecule has 0 radical (unpaired) electrons. The lowest BCUT2D eigenvalue weighted by Gasteiger charge is -2.37. The first kappa shape index (κ1) is 24.5. The molecule has 4 aromatic rings. The third-order valence-electron chi connectivity index (χ3n) is 6.67. The van der Waals surface area contributed by atoms with Crippen LogP contribution in [0, 0.1) is 0 Å². The third kappa shape index (κ3) is 4.88. The van der Waals surface area contributed by atoms with Gasteiger partial charge in [-0.05, 0) is 35.7 Å². The van der Waals surface area contributed by atoms with Gasteiger partial charge in [0.2, 0.25) is 5.91 Å². The van der Waals surface area contributed by atoms with Gasteiger partial charge in [0.05, 0.1) is 22.3 Å². The van der Waals surface area contributed by atoms with Gasteiger partial charge in [0, 0.05) is 37.9 Å². The zero-order valence-electron chi connectivity index (χ0n) is 20.4. The fraction of sp³-hybridized carbons (Fsp3) is 0.286. The van der Waals surface area contributed by atoms with Crippen molar-refractivity contribution in [3.8, 4) is 11.3 Å². The zero-order valence-corrected chi connectivity index (χ0v) is 21.9. The Morgan fingerprint density at radius 3 is 2.31 bits per heavy atom. The molecular formula is C28H29Cl2N5O. The number of piperazine rings is 1.